The Morgan fingerprint density at radius 3 is 1.87 bits per heavy atom. The van der Waals surface area contributed by atoms with Gasteiger partial charge in [0.25, 0.3) is 0 Å². The molecule has 0 amide bonds. The van der Waals surface area contributed by atoms with Crippen LogP contribution in [0.3, 0.4) is 0 Å². The molecule has 0 saturated heterocycles. The molecule has 0 bridgehead atoms. The summed E-state index contributed by atoms with van der Waals surface area (Å²) in [6.07, 6.45) is 1.82. The molecule has 0 spiro atoms. The molecule has 1 aliphatic heterocycles. The number of halogens is 3. The molecule has 0 aromatic rings. The normalized spacial score (nSPS) is 16.4. The third-order valence-electron chi connectivity index (χ3n) is 1.45. The maximum absolute atomic E-state index is 10.7. The van der Waals surface area contributed by atoms with E-state index in [1.54, 1.807) is 0 Å². The average Bonchev–Trinajstić information content (AvgIpc) is 2.33. The number of hydrogen-bond acceptors (Lipinski definition) is 4. The van der Waals surface area contributed by atoms with E-state index < -0.39 is 15.6 Å². The Balaban J connectivity index is 0.000000262. The van der Waals surface area contributed by atoms with Crippen molar-refractivity contribution in [2.75, 3.05) is 0 Å². The fourth-order valence-corrected chi connectivity index (χ4v) is 0.483. The summed E-state index contributed by atoms with van der Waals surface area (Å²) < 4.78 is 58.9. The molecule has 2 N–H and O–H groups in total. The molecule has 5 nitrogen and oxygen atoms in total. The Labute approximate surface area is 84.4 Å². The molecule has 0 aliphatic carbocycles. The number of hydrogen-bond donors (Lipinski definition) is 1. The molecule has 0 radical (unpaired) electrons. The van der Waals surface area contributed by atoms with Gasteiger partial charge in [-0.1, -0.05) is 0 Å². The van der Waals surface area contributed by atoms with E-state index in [2.05, 4.69) is 11.9 Å². The second kappa shape index (κ2) is 4.73. The smallest absolute Gasteiger partial charge is 0.485 e. The van der Waals surface area contributed by atoms with E-state index in [0.29, 0.717) is 0 Å². The van der Waals surface area contributed by atoms with Crippen LogP contribution in [0, 0.1) is 0 Å². The lowest BCUT2D eigenvalue weighted by atomic mass is 10.4. The Morgan fingerprint density at radius 2 is 1.80 bits per heavy atom. The van der Waals surface area contributed by atoms with Gasteiger partial charge in [-0.3, -0.25) is 5.32 Å². The second-order valence-corrected chi connectivity index (χ2v) is 3.98. The van der Waals surface area contributed by atoms with E-state index in [1.165, 1.54) is 5.70 Å². The lowest BCUT2D eigenvalue weighted by Crippen LogP contribution is -2.78. The fourth-order valence-electron chi connectivity index (χ4n) is 0.483. The molecule has 0 aromatic heterocycles. The minimum atomic E-state index is -6.09. The highest BCUT2D eigenvalue weighted by atomic mass is 32.2. The zero-order valence-electron chi connectivity index (χ0n) is 7.87. The van der Waals surface area contributed by atoms with E-state index in [9.17, 15) is 13.2 Å². The number of alkyl halides is 3. The van der Waals surface area contributed by atoms with Crippen LogP contribution in [0.1, 0.15) is 13.8 Å². The summed E-state index contributed by atoms with van der Waals surface area (Å²) in [4.78, 5) is 4.02. The van der Waals surface area contributed by atoms with Crippen molar-refractivity contribution in [1.29, 1.82) is 0 Å². The standard InChI is InChI=1S/C5H8N2.CHF3O3S/c1-4-5(2)7-3-6-4;2-1(3,4)8(5,6)7/h3H,1-2H3,(H,6,7);(H,5,6,7). The second-order valence-electron chi connectivity index (χ2n) is 2.61. The summed E-state index contributed by atoms with van der Waals surface area (Å²) in [6, 6.07) is 0. The summed E-state index contributed by atoms with van der Waals surface area (Å²) >= 11 is 0. The first-order valence-electron chi connectivity index (χ1n) is 3.62. The van der Waals surface area contributed by atoms with Crippen molar-refractivity contribution in [1.82, 2.24) is 0 Å². The van der Waals surface area contributed by atoms with Gasteiger partial charge in [0.05, 0.1) is 5.70 Å². The molecule has 0 aromatic carbocycles. The van der Waals surface area contributed by atoms with Gasteiger partial charge in [-0.05, 0) is 6.92 Å². The van der Waals surface area contributed by atoms with Gasteiger partial charge >= 0.3 is 5.51 Å². The van der Waals surface area contributed by atoms with Crippen LogP contribution in [-0.4, -0.2) is 24.8 Å². The number of nitrogens with two attached hydrogens (primary N) is 1. The number of aliphatic imine (C=N–C) groups is 1. The van der Waals surface area contributed by atoms with E-state index in [4.69, 9.17) is 13.0 Å². The largest absolute Gasteiger partial charge is 0.741 e. The Morgan fingerprint density at radius 1 is 1.40 bits per heavy atom. The lowest BCUT2D eigenvalue weighted by Gasteiger charge is -2.08. The Bertz CT molecular complexity index is 383. The van der Waals surface area contributed by atoms with Crippen molar-refractivity contribution in [3.05, 3.63) is 11.4 Å². The van der Waals surface area contributed by atoms with Crippen molar-refractivity contribution in [3.8, 4) is 0 Å². The van der Waals surface area contributed by atoms with Crippen molar-refractivity contribution in [3.63, 3.8) is 0 Å². The Kier molecular flexibility index (Phi) is 4.43. The first-order chi connectivity index (χ1) is 6.55. The topological polar surface area (TPSA) is 86.2 Å². The number of rotatable bonds is 0. The van der Waals surface area contributed by atoms with Gasteiger partial charge < -0.3 is 4.55 Å². The monoisotopic (exact) mass is 246 g/mol. The lowest BCUT2D eigenvalue weighted by molar-refractivity contribution is -0.469. The van der Waals surface area contributed by atoms with E-state index >= 15 is 0 Å². The number of allylic oxidation sites excluding steroid dienone is 2. The fraction of sp³-hybridized carbons (Fsp3) is 0.500. The maximum atomic E-state index is 10.7. The van der Waals surface area contributed by atoms with Gasteiger partial charge in [0, 0.05) is 6.92 Å². The third-order valence-corrected chi connectivity index (χ3v) is 2.01. The zero-order chi connectivity index (χ0) is 12.3. The van der Waals surface area contributed by atoms with Gasteiger partial charge in [-0.15, -0.1) is 0 Å². The Hall–Kier alpha value is -0.930. The van der Waals surface area contributed by atoms with E-state index in [-0.39, 0.29) is 0 Å². The highest BCUT2D eigenvalue weighted by Gasteiger charge is 2.36. The first-order valence-corrected chi connectivity index (χ1v) is 5.03. The number of nitrogens with zero attached hydrogens (tertiary/aromatic N) is 1. The molecule has 0 unspecified atom stereocenters. The maximum Gasteiger partial charge on any atom is 0.485 e. The predicted octanol–water partition coefficient (Wildman–Crippen LogP) is -0.105. The summed E-state index contributed by atoms with van der Waals surface area (Å²) in [7, 11) is -6.09. The highest BCUT2D eigenvalue weighted by molar-refractivity contribution is 7.86. The molecule has 1 rings (SSSR count). The molecule has 0 fully saturated rings. The quantitative estimate of drug-likeness (QED) is 0.478. The van der Waals surface area contributed by atoms with Crippen LogP contribution in [0.4, 0.5) is 13.2 Å². The van der Waals surface area contributed by atoms with E-state index in [1.807, 2.05) is 18.6 Å². The van der Waals surface area contributed by atoms with Crippen LogP contribution in [0.25, 0.3) is 0 Å². The van der Waals surface area contributed by atoms with Crippen LogP contribution < -0.4 is 5.32 Å². The third kappa shape index (κ3) is 4.91. The minimum absolute atomic E-state index is 1.14. The average molecular weight is 246 g/mol. The van der Waals surface area contributed by atoms with Crippen molar-refractivity contribution in [2.45, 2.75) is 19.4 Å². The van der Waals surface area contributed by atoms with Gasteiger partial charge in [-0.25, -0.2) is 13.4 Å². The molecule has 88 valence electrons. The van der Waals surface area contributed by atoms with Crippen molar-refractivity contribution >= 4 is 16.5 Å². The molecular weight excluding hydrogens is 237 g/mol. The molecule has 0 saturated carbocycles. The van der Waals surface area contributed by atoms with Gasteiger partial charge in [0.2, 0.25) is 0 Å². The summed E-state index contributed by atoms with van der Waals surface area (Å²) in [5.41, 5.74) is -3.23. The SMILES string of the molecule is CC1=C(C)[NH2+]C=N1.O=S(=O)([O-])C(F)(F)F. The minimum Gasteiger partial charge on any atom is -0.741 e. The summed E-state index contributed by atoms with van der Waals surface area (Å²) in [5, 5.41) is 2.01. The molecule has 9 heteroatoms. The zero-order valence-corrected chi connectivity index (χ0v) is 8.69. The summed E-state index contributed by atoms with van der Waals surface area (Å²) in [6.45, 7) is 4.07. The number of quaternary nitrogens is 1. The van der Waals surface area contributed by atoms with Crippen molar-refractivity contribution < 1.29 is 31.5 Å². The van der Waals surface area contributed by atoms with Crippen LogP contribution in [0.2, 0.25) is 0 Å². The van der Waals surface area contributed by atoms with Crippen LogP contribution in [0.5, 0.6) is 0 Å². The van der Waals surface area contributed by atoms with E-state index in [0.717, 1.165) is 5.70 Å². The molecule has 0 atom stereocenters. The molecular formula is C6H9F3N2O3S. The van der Waals surface area contributed by atoms with Gasteiger partial charge in [-0.2, -0.15) is 13.2 Å². The van der Waals surface area contributed by atoms with Crippen LogP contribution in [0.15, 0.2) is 16.4 Å². The van der Waals surface area contributed by atoms with Crippen LogP contribution in [-0.2, 0) is 10.1 Å². The van der Waals surface area contributed by atoms with Gasteiger partial charge in [0.15, 0.2) is 16.5 Å². The highest BCUT2D eigenvalue weighted by Crippen LogP contribution is 2.20. The molecule has 15 heavy (non-hydrogen) atoms. The molecule has 1 heterocycles. The van der Waals surface area contributed by atoms with Crippen LogP contribution >= 0.6 is 0 Å². The van der Waals surface area contributed by atoms with Gasteiger partial charge in [0.1, 0.15) is 5.70 Å². The first kappa shape index (κ1) is 14.1. The summed E-state index contributed by atoms with van der Waals surface area (Å²) in [5.74, 6) is 0. The van der Waals surface area contributed by atoms with Crippen molar-refractivity contribution in [2.24, 2.45) is 4.99 Å². The molecule has 1 aliphatic rings. The predicted molar refractivity (Wildman–Crippen MR) is 44.5 cm³/mol.